The molecular weight excluding hydrogens is 274 g/mol. The summed E-state index contributed by atoms with van der Waals surface area (Å²) in [7, 11) is 0. The molecule has 114 valence electrons. The van der Waals surface area contributed by atoms with Crippen LogP contribution in [0.1, 0.15) is 49.4 Å². The number of carboxylic acid groups (broad SMARTS) is 1. The highest BCUT2D eigenvalue weighted by Crippen LogP contribution is 2.31. The quantitative estimate of drug-likeness (QED) is 0.638. The molecular formula is C14H19N3O4. The van der Waals surface area contributed by atoms with Crippen molar-refractivity contribution >= 4 is 17.5 Å². The fourth-order valence-corrected chi connectivity index (χ4v) is 2.88. The second-order valence-corrected chi connectivity index (χ2v) is 5.36. The molecule has 0 spiro atoms. The van der Waals surface area contributed by atoms with Gasteiger partial charge in [0.05, 0.1) is 10.5 Å². The molecule has 0 aromatic carbocycles. The monoisotopic (exact) mass is 293 g/mol. The second kappa shape index (κ2) is 6.51. The normalized spacial score (nSPS) is 21.8. The van der Waals surface area contributed by atoms with E-state index in [1.165, 1.54) is 6.42 Å². The Kier molecular flexibility index (Phi) is 4.72. The molecule has 1 saturated carbocycles. The van der Waals surface area contributed by atoms with Gasteiger partial charge in [-0.15, -0.1) is 0 Å². The summed E-state index contributed by atoms with van der Waals surface area (Å²) in [5.74, 6) is -0.587. The Bertz CT molecular complexity index is 547. The minimum absolute atomic E-state index is 0.158. The zero-order valence-electron chi connectivity index (χ0n) is 11.9. The molecule has 1 aromatic heterocycles. The van der Waals surface area contributed by atoms with Gasteiger partial charge in [0.25, 0.3) is 0 Å². The fraction of sp³-hybridized carbons (Fsp3) is 0.571. The molecule has 0 aliphatic heterocycles. The first kappa shape index (κ1) is 15.2. The van der Waals surface area contributed by atoms with Crippen LogP contribution >= 0.6 is 0 Å². The summed E-state index contributed by atoms with van der Waals surface area (Å²) in [5.41, 5.74) is -0.460. The number of pyridine rings is 1. The summed E-state index contributed by atoms with van der Waals surface area (Å²) in [6, 6.07) is 1.21. The van der Waals surface area contributed by atoms with E-state index in [1.54, 1.807) is 0 Å². The molecule has 0 bridgehead atoms. The van der Waals surface area contributed by atoms with Gasteiger partial charge in [-0.1, -0.05) is 26.2 Å². The van der Waals surface area contributed by atoms with Crippen molar-refractivity contribution in [3.63, 3.8) is 0 Å². The molecule has 2 unspecified atom stereocenters. The van der Waals surface area contributed by atoms with Gasteiger partial charge in [-0.3, -0.25) is 10.1 Å². The van der Waals surface area contributed by atoms with Gasteiger partial charge in [-0.25, -0.2) is 9.78 Å². The van der Waals surface area contributed by atoms with Gasteiger partial charge in [0.15, 0.2) is 0 Å². The van der Waals surface area contributed by atoms with Crippen LogP contribution in [0.15, 0.2) is 12.3 Å². The summed E-state index contributed by atoms with van der Waals surface area (Å²) < 4.78 is 0. The zero-order chi connectivity index (χ0) is 15.4. The van der Waals surface area contributed by atoms with Crippen molar-refractivity contribution in [3.05, 3.63) is 27.9 Å². The van der Waals surface area contributed by atoms with Crippen LogP contribution in [0.5, 0.6) is 0 Å². The van der Waals surface area contributed by atoms with Gasteiger partial charge in [0, 0.05) is 18.3 Å². The Labute approximate surface area is 122 Å². The Morgan fingerprint density at radius 2 is 2.24 bits per heavy atom. The van der Waals surface area contributed by atoms with Crippen molar-refractivity contribution < 1.29 is 14.8 Å². The topological polar surface area (TPSA) is 105 Å². The summed E-state index contributed by atoms with van der Waals surface area (Å²) in [6.07, 6.45) is 6.51. The van der Waals surface area contributed by atoms with E-state index in [0.717, 1.165) is 37.9 Å². The van der Waals surface area contributed by atoms with E-state index in [1.807, 2.05) is 0 Å². The number of carboxylic acids is 1. The summed E-state index contributed by atoms with van der Waals surface area (Å²) in [6.45, 7) is 2.11. The van der Waals surface area contributed by atoms with E-state index < -0.39 is 10.9 Å². The van der Waals surface area contributed by atoms with Crippen LogP contribution < -0.4 is 5.32 Å². The van der Waals surface area contributed by atoms with Crippen LogP contribution in [0.4, 0.5) is 11.5 Å². The van der Waals surface area contributed by atoms with Crippen LogP contribution in [0.25, 0.3) is 0 Å². The number of hydrogen-bond acceptors (Lipinski definition) is 5. The van der Waals surface area contributed by atoms with Gasteiger partial charge in [0.2, 0.25) is 5.82 Å². The standard InChI is InChI=1S/C14H19N3O4/c1-2-9-5-3-4-6-11(9)16-13-12(17(20)21)7-10(8-15-13)14(18)19/h7-9,11H,2-6H2,1H3,(H,15,16)(H,18,19). The number of nitrogens with one attached hydrogen (secondary N) is 1. The molecule has 1 fully saturated rings. The number of hydrogen-bond donors (Lipinski definition) is 2. The molecule has 1 aromatic rings. The van der Waals surface area contributed by atoms with Crippen LogP contribution in [0.3, 0.4) is 0 Å². The Balaban J connectivity index is 2.26. The molecule has 2 rings (SSSR count). The minimum Gasteiger partial charge on any atom is -0.478 e. The number of nitro groups is 1. The average Bonchev–Trinajstić information content (AvgIpc) is 2.47. The molecule has 1 aliphatic rings. The Morgan fingerprint density at radius 1 is 1.52 bits per heavy atom. The minimum atomic E-state index is -1.22. The first-order chi connectivity index (χ1) is 10.0. The number of nitrogens with zero attached hydrogens (tertiary/aromatic N) is 2. The average molecular weight is 293 g/mol. The van der Waals surface area contributed by atoms with E-state index in [2.05, 4.69) is 17.2 Å². The molecule has 0 saturated heterocycles. The van der Waals surface area contributed by atoms with Crippen LogP contribution in [-0.2, 0) is 0 Å². The van der Waals surface area contributed by atoms with Crippen LogP contribution in [0.2, 0.25) is 0 Å². The number of aromatic nitrogens is 1. The third-order valence-electron chi connectivity index (χ3n) is 4.07. The third kappa shape index (κ3) is 3.48. The van der Waals surface area contributed by atoms with Crippen LogP contribution in [0, 0.1) is 16.0 Å². The van der Waals surface area contributed by atoms with E-state index >= 15 is 0 Å². The first-order valence-corrected chi connectivity index (χ1v) is 7.17. The predicted molar refractivity (Wildman–Crippen MR) is 77.5 cm³/mol. The van der Waals surface area contributed by atoms with Crippen LogP contribution in [-0.4, -0.2) is 27.0 Å². The fourth-order valence-electron chi connectivity index (χ4n) is 2.88. The van der Waals surface area contributed by atoms with Gasteiger partial charge < -0.3 is 10.4 Å². The highest BCUT2D eigenvalue weighted by Gasteiger charge is 2.27. The molecule has 2 atom stereocenters. The maximum Gasteiger partial charge on any atom is 0.337 e. The number of carbonyl (C=O) groups is 1. The van der Waals surface area contributed by atoms with Crippen molar-refractivity contribution in [3.8, 4) is 0 Å². The lowest BCUT2D eigenvalue weighted by Crippen LogP contribution is -2.32. The Hall–Kier alpha value is -2.18. The van der Waals surface area contributed by atoms with Gasteiger partial charge in [-0.05, 0) is 18.8 Å². The van der Waals surface area contributed by atoms with Gasteiger partial charge in [-0.2, -0.15) is 0 Å². The van der Waals surface area contributed by atoms with Crippen molar-refractivity contribution in [1.82, 2.24) is 4.98 Å². The lowest BCUT2D eigenvalue weighted by atomic mass is 9.83. The van der Waals surface area contributed by atoms with E-state index in [4.69, 9.17) is 5.11 Å². The maximum atomic E-state index is 11.1. The van der Waals surface area contributed by atoms with Crippen molar-refractivity contribution in [2.45, 2.75) is 45.1 Å². The highest BCUT2D eigenvalue weighted by atomic mass is 16.6. The lowest BCUT2D eigenvalue weighted by molar-refractivity contribution is -0.384. The summed E-state index contributed by atoms with van der Waals surface area (Å²) in [4.78, 5) is 25.4. The SMILES string of the molecule is CCC1CCCCC1Nc1ncc(C(=O)O)cc1[N+](=O)[O-]. The number of aromatic carboxylic acids is 1. The van der Waals surface area contributed by atoms with Crippen molar-refractivity contribution in [1.29, 1.82) is 0 Å². The Morgan fingerprint density at radius 3 is 2.86 bits per heavy atom. The summed E-state index contributed by atoms with van der Waals surface area (Å²) >= 11 is 0. The molecule has 0 amide bonds. The summed E-state index contributed by atoms with van der Waals surface area (Å²) in [5, 5.41) is 23.2. The molecule has 21 heavy (non-hydrogen) atoms. The predicted octanol–water partition coefficient (Wildman–Crippen LogP) is 3.07. The molecule has 7 heteroatoms. The molecule has 1 aliphatic carbocycles. The lowest BCUT2D eigenvalue weighted by Gasteiger charge is -2.31. The second-order valence-electron chi connectivity index (χ2n) is 5.36. The van der Waals surface area contributed by atoms with Crippen molar-refractivity contribution in [2.75, 3.05) is 5.32 Å². The van der Waals surface area contributed by atoms with E-state index in [9.17, 15) is 14.9 Å². The molecule has 1 heterocycles. The van der Waals surface area contributed by atoms with Crippen molar-refractivity contribution in [2.24, 2.45) is 5.92 Å². The van der Waals surface area contributed by atoms with Gasteiger partial charge in [0.1, 0.15) is 0 Å². The first-order valence-electron chi connectivity index (χ1n) is 7.17. The number of anilines is 1. The molecule has 7 nitrogen and oxygen atoms in total. The maximum absolute atomic E-state index is 11.1. The smallest absolute Gasteiger partial charge is 0.337 e. The van der Waals surface area contributed by atoms with Gasteiger partial charge >= 0.3 is 11.7 Å². The zero-order valence-corrected chi connectivity index (χ0v) is 11.9. The molecule has 0 radical (unpaired) electrons. The number of rotatable bonds is 5. The highest BCUT2D eigenvalue weighted by molar-refractivity contribution is 5.88. The van der Waals surface area contributed by atoms with E-state index in [0.29, 0.717) is 5.92 Å². The molecule has 2 N–H and O–H groups in total. The van der Waals surface area contributed by atoms with E-state index in [-0.39, 0.29) is 23.1 Å². The third-order valence-corrected chi connectivity index (χ3v) is 4.07. The largest absolute Gasteiger partial charge is 0.478 e.